The smallest absolute Gasteiger partial charge is 0.249 e. The van der Waals surface area contributed by atoms with Gasteiger partial charge >= 0.3 is 0 Å². The van der Waals surface area contributed by atoms with E-state index in [0.29, 0.717) is 19.8 Å². The Bertz CT molecular complexity index is 1080. The fourth-order valence-corrected chi connectivity index (χ4v) is 4.39. The molecule has 0 spiro atoms. The van der Waals surface area contributed by atoms with Gasteiger partial charge in [-0.3, -0.25) is 4.79 Å². The van der Waals surface area contributed by atoms with Gasteiger partial charge in [-0.15, -0.1) is 0 Å². The summed E-state index contributed by atoms with van der Waals surface area (Å²) in [4.78, 5) is 17.0. The van der Waals surface area contributed by atoms with E-state index in [0.717, 1.165) is 61.3 Å². The highest BCUT2D eigenvalue weighted by atomic mass is 16.5. The number of imidazole rings is 1. The van der Waals surface area contributed by atoms with Gasteiger partial charge in [0.15, 0.2) is 0 Å². The van der Waals surface area contributed by atoms with Crippen molar-refractivity contribution in [1.29, 1.82) is 0 Å². The Labute approximate surface area is 202 Å². The second-order valence-electron chi connectivity index (χ2n) is 10.0. The number of aromatic nitrogens is 2. The van der Waals surface area contributed by atoms with Gasteiger partial charge in [0.25, 0.3) is 0 Å². The van der Waals surface area contributed by atoms with Crippen molar-refractivity contribution in [3.05, 3.63) is 59.9 Å². The quantitative estimate of drug-likeness (QED) is 0.428. The largest absolute Gasteiger partial charge is 0.494 e. The first-order valence-corrected chi connectivity index (χ1v) is 12.5. The van der Waals surface area contributed by atoms with E-state index in [1.165, 1.54) is 5.56 Å². The molecule has 0 radical (unpaired) electrons. The molecular formula is C28H37N3O3. The molecule has 2 heterocycles. The molecule has 1 amide bonds. The van der Waals surface area contributed by atoms with Crippen LogP contribution in [0, 0.1) is 0 Å². The molecule has 0 bridgehead atoms. The molecule has 4 rings (SSSR count). The monoisotopic (exact) mass is 463 g/mol. The number of rotatable bonds is 10. The fraction of sp³-hybridized carbons (Fsp3) is 0.500. The average molecular weight is 464 g/mol. The topological polar surface area (TPSA) is 65.4 Å². The van der Waals surface area contributed by atoms with E-state index >= 15 is 0 Å². The van der Waals surface area contributed by atoms with Gasteiger partial charge in [-0.1, -0.05) is 45.0 Å². The summed E-state index contributed by atoms with van der Waals surface area (Å²) in [5.74, 6) is 1.98. The molecule has 1 atom stereocenters. The summed E-state index contributed by atoms with van der Waals surface area (Å²) in [6.45, 7) is 9.47. The lowest BCUT2D eigenvalue weighted by atomic mass is 9.87. The van der Waals surface area contributed by atoms with Crippen LogP contribution in [0.1, 0.15) is 57.8 Å². The molecule has 1 unspecified atom stereocenters. The number of ether oxygens (including phenoxy) is 2. The SMILES string of the molecule is CC(C)(C)c1ccc(OCCCn2c(CCCNC(=O)C3CCCO3)nc3ccccc32)cc1. The molecule has 182 valence electrons. The fourth-order valence-electron chi connectivity index (χ4n) is 4.39. The second-order valence-corrected chi connectivity index (χ2v) is 10.0. The first kappa shape index (κ1) is 24.3. The summed E-state index contributed by atoms with van der Waals surface area (Å²) in [6.07, 6.45) is 4.07. The number of aryl methyl sites for hydroxylation is 2. The summed E-state index contributed by atoms with van der Waals surface area (Å²) >= 11 is 0. The van der Waals surface area contributed by atoms with Crippen molar-refractivity contribution in [1.82, 2.24) is 14.9 Å². The number of hydrogen-bond acceptors (Lipinski definition) is 4. The van der Waals surface area contributed by atoms with E-state index in [4.69, 9.17) is 14.5 Å². The summed E-state index contributed by atoms with van der Waals surface area (Å²) in [5.41, 5.74) is 3.61. The van der Waals surface area contributed by atoms with Crippen LogP contribution in [0.4, 0.5) is 0 Å². The molecule has 0 saturated carbocycles. The number of amides is 1. The van der Waals surface area contributed by atoms with Gasteiger partial charge in [0, 0.05) is 26.1 Å². The highest BCUT2D eigenvalue weighted by molar-refractivity contribution is 5.80. The van der Waals surface area contributed by atoms with Gasteiger partial charge in [-0.25, -0.2) is 4.98 Å². The minimum Gasteiger partial charge on any atom is -0.494 e. The maximum atomic E-state index is 12.2. The number of carbonyl (C=O) groups excluding carboxylic acids is 1. The van der Waals surface area contributed by atoms with Crippen LogP contribution in [0.25, 0.3) is 11.0 Å². The maximum Gasteiger partial charge on any atom is 0.249 e. The molecule has 1 saturated heterocycles. The zero-order valence-corrected chi connectivity index (χ0v) is 20.7. The van der Waals surface area contributed by atoms with Crippen molar-refractivity contribution >= 4 is 16.9 Å². The first-order chi connectivity index (χ1) is 16.4. The van der Waals surface area contributed by atoms with Crippen molar-refractivity contribution in [2.24, 2.45) is 0 Å². The van der Waals surface area contributed by atoms with Crippen LogP contribution in [-0.2, 0) is 27.9 Å². The Balaban J connectivity index is 1.29. The van der Waals surface area contributed by atoms with Crippen molar-refractivity contribution in [2.75, 3.05) is 19.8 Å². The van der Waals surface area contributed by atoms with Gasteiger partial charge in [0.2, 0.25) is 5.91 Å². The number of carbonyl (C=O) groups is 1. The third-order valence-electron chi connectivity index (χ3n) is 6.35. The normalized spacial score (nSPS) is 16.1. The zero-order chi connectivity index (χ0) is 24.0. The predicted octanol–water partition coefficient (Wildman–Crippen LogP) is 5.03. The van der Waals surface area contributed by atoms with Crippen LogP contribution >= 0.6 is 0 Å². The van der Waals surface area contributed by atoms with E-state index in [-0.39, 0.29) is 17.4 Å². The van der Waals surface area contributed by atoms with Crippen LogP contribution in [0.3, 0.4) is 0 Å². The minimum atomic E-state index is -0.269. The average Bonchev–Trinajstić information content (AvgIpc) is 3.48. The Morgan fingerprint density at radius 3 is 2.68 bits per heavy atom. The van der Waals surface area contributed by atoms with E-state index in [2.05, 4.69) is 73.1 Å². The molecule has 1 aromatic heterocycles. The van der Waals surface area contributed by atoms with Crippen LogP contribution < -0.4 is 10.1 Å². The zero-order valence-electron chi connectivity index (χ0n) is 20.7. The summed E-state index contributed by atoms with van der Waals surface area (Å²) in [6, 6.07) is 16.7. The van der Waals surface area contributed by atoms with Crippen LogP contribution in [0.15, 0.2) is 48.5 Å². The number of fused-ring (bicyclic) bond motifs is 1. The third-order valence-corrected chi connectivity index (χ3v) is 6.35. The second kappa shape index (κ2) is 11.0. The molecule has 1 N–H and O–H groups in total. The standard InChI is InChI=1S/C28H37N3O3/c1-28(2,3)21-13-15-22(16-14-21)33-20-8-18-31-24-10-5-4-9-23(24)30-26(31)12-6-17-29-27(32)25-11-7-19-34-25/h4-5,9-10,13-16,25H,6-8,11-12,17-20H2,1-3H3,(H,29,32). The third kappa shape index (κ3) is 6.17. The van der Waals surface area contributed by atoms with E-state index in [1.807, 2.05) is 6.07 Å². The molecule has 1 aliphatic rings. The molecular weight excluding hydrogens is 426 g/mol. The van der Waals surface area contributed by atoms with Crippen LogP contribution in [0.2, 0.25) is 0 Å². The van der Waals surface area contributed by atoms with Crippen LogP contribution in [-0.4, -0.2) is 41.3 Å². The lowest BCUT2D eigenvalue weighted by molar-refractivity contribution is -0.130. The van der Waals surface area contributed by atoms with E-state index in [9.17, 15) is 4.79 Å². The van der Waals surface area contributed by atoms with Gasteiger partial charge in [0.1, 0.15) is 17.7 Å². The molecule has 34 heavy (non-hydrogen) atoms. The van der Waals surface area contributed by atoms with Crippen molar-refractivity contribution in [3.8, 4) is 5.75 Å². The Morgan fingerprint density at radius 2 is 1.94 bits per heavy atom. The molecule has 0 aliphatic carbocycles. The highest BCUT2D eigenvalue weighted by Gasteiger charge is 2.23. The van der Waals surface area contributed by atoms with Gasteiger partial charge < -0.3 is 19.4 Å². The summed E-state index contributed by atoms with van der Waals surface area (Å²) in [5, 5.41) is 3.01. The molecule has 6 heteroatoms. The molecule has 1 fully saturated rings. The number of para-hydroxylation sites is 2. The lowest BCUT2D eigenvalue weighted by Gasteiger charge is -2.19. The summed E-state index contributed by atoms with van der Waals surface area (Å²) < 4.78 is 13.8. The number of nitrogens with zero attached hydrogens (tertiary/aromatic N) is 2. The Hall–Kier alpha value is -2.86. The molecule has 2 aromatic carbocycles. The highest BCUT2D eigenvalue weighted by Crippen LogP contribution is 2.24. The first-order valence-electron chi connectivity index (χ1n) is 12.5. The molecule has 1 aliphatic heterocycles. The molecule has 6 nitrogen and oxygen atoms in total. The Kier molecular flexibility index (Phi) is 7.88. The minimum absolute atomic E-state index is 0.0127. The lowest BCUT2D eigenvalue weighted by Crippen LogP contribution is -2.34. The number of nitrogens with one attached hydrogen (secondary N) is 1. The van der Waals surface area contributed by atoms with Crippen LogP contribution in [0.5, 0.6) is 5.75 Å². The van der Waals surface area contributed by atoms with Crippen molar-refractivity contribution < 1.29 is 14.3 Å². The number of hydrogen-bond donors (Lipinski definition) is 1. The van der Waals surface area contributed by atoms with Gasteiger partial charge in [0.05, 0.1) is 17.6 Å². The van der Waals surface area contributed by atoms with Crippen molar-refractivity contribution in [3.63, 3.8) is 0 Å². The maximum absolute atomic E-state index is 12.2. The van der Waals surface area contributed by atoms with E-state index in [1.54, 1.807) is 0 Å². The summed E-state index contributed by atoms with van der Waals surface area (Å²) in [7, 11) is 0. The van der Waals surface area contributed by atoms with E-state index < -0.39 is 0 Å². The van der Waals surface area contributed by atoms with Crippen molar-refractivity contribution in [2.45, 2.75) is 70.9 Å². The Morgan fingerprint density at radius 1 is 1.15 bits per heavy atom. The van der Waals surface area contributed by atoms with Gasteiger partial charge in [-0.05, 0) is 60.9 Å². The molecule has 3 aromatic rings. The van der Waals surface area contributed by atoms with Gasteiger partial charge in [-0.2, -0.15) is 0 Å². The predicted molar refractivity (Wildman–Crippen MR) is 135 cm³/mol. The number of benzene rings is 2.